The minimum Gasteiger partial charge on any atom is -0.372 e. The lowest BCUT2D eigenvalue weighted by molar-refractivity contribution is -0.139. The molecule has 6 nitrogen and oxygen atoms in total. The summed E-state index contributed by atoms with van der Waals surface area (Å²) >= 11 is 5.90. The molecule has 2 amide bonds. The number of nitrogens with zero attached hydrogens (tertiary/aromatic N) is 2. The largest absolute Gasteiger partial charge is 0.372 e. The standard InChI is InChI=1S/C20H25ClN2O4/c21-16-3-1-14(2-4-16)12-26-18-5-7-23(11-18)20(25)22-8-6-19-15(10-22)9-17(24)13-27-19/h1-4,15,18-19H,5-13H2/t15-,18?,19+/m1/s1. The molecule has 0 saturated carbocycles. The number of urea groups is 1. The molecule has 3 heterocycles. The second-order valence-corrected chi connectivity index (χ2v) is 8.10. The number of carbonyl (C=O) groups excluding carboxylic acids is 2. The zero-order valence-corrected chi connectivity index (χ0v) is 16.1. The first kappa shape index (κ1) is 18.7. The number of Topliss-reactive ketones (excluding diaryl/α,β-unsaturated/α-hetero) is 1. The van der Waals surface area contributed by atoms with Crippen molar-refractivity contribution in [2.24, 2.45) is 5.92 Å². The molecule has 0 aromatic heterocycles. The van der Waals surface area contributed by atoms with Gasteiger partial charge in [-0.15, -0.1) is 0 Å². The smallest absolute Gasteiger partial charge is 0.320 e. The molecule has 0 bridgehead atoms. The highest BCUT2D eigenvalue weighted by Gasteiger charge is 2.38. The van der Waals surface area contributed by atoms with Crippen LogP contribution in [0.5, 0.6) is 0 Å². The van der Waals surface area contributed by atoms with Gasteiger partial charge in [0.15, 0.2) is 5.78 Å². The molecule has 3 saturated heterocycles. The van der Waals surface area contributed by atoms with E-state index >= 15 is 0 Å². The average molecular weight is 393 g/mol. The minimum absolute atomic E-state index is 0.0572. The van der Waals surface area contributed by atoms with Crippen LogP contribution in [0.2, 0.25) is 5.02 Å². The number of ether oxygens (including phenoxy) is 2. The highest BCUT2D eigenvalue weighted by Crippen LogP contribution is 2.28. The van der Waals surface area contributed by atoms with Crippen molar-refractivity contribution in [3.05, 3.63) is 34.9 Å². The van der Waals surface area contributed by atoms with Gasteiger partial charge in [0, 0.05) is 43.5 Å². The summed E-state index contributed by atoms with van der Waals surface area (Å²) in [6.45, 7) is 3.39. The molecule has 0 spiro atoms. The molecule has 3 atom stereocenters. The maximum absolute atomic E-state index is 12.9. The average Bonchev–Trinajstić information content (AvgIpc) is 3.15. The van der Waals surface area contributed by atoms with Crippen molar-refractivity contribution in [2.45, 2.75) is 38.1 Å². The Labute approximate surface area is 164 Å². The Morgan fingerprint density at radius 3 is 2.70 bits per heavy atom. The Morgan fingerprint density at radius 2 is 1.89 bits per heavy atom. The predicted molar refractivity (Wildman–Crippen MR) is 101 cm³/mol. The Hall–Kier alpha value is -1.63. The van der Waals surface area contributed by atoms with Crippen molar-refractivity contribution in [1.82, 2.24) is 9.80 Å². The number of rotatable bonds is 3. The molecule has 4 rings (SSSR count). The third kappa shape index (κ3) is 4.45. The van der Waals surface area contributed by atoms with E-state index < -0.39 is 0 Å². The van der Waals surface area contributed by atoms with Gasteiger partial charge in [-0.3, -0.25) is 4.79 Å². The molecule has 27 heavy (non-hydrogen) atoms. The van der Waals surface area contributed by atoms with Crippen molar-refractivity contribution in [3.8, 4) is 0 Å². The summed E-state index contributed by atoms with van der Waals surface area (Å²) < 4.78 is 11.6. The van der Waals surface area contributed by atoms with Gasteiger partial charge in [-0.05, 0) is 30.5 Å². The lowest BCUT2D eigenvalue weighted by Crippen LogP contribution is -2.53. The zero-order valence-electron chi connectivity index (χ0n) is 15.3. The molecule has 3 aliphatic rings. The Balaban J connectivity index is 1.26. The van der Waals surface area contributed by atoms with Crippen LogP contribution in [0.3, 0.4) is 0 Å². The predicted octanol–water partition coefficient (Wildman–Crippen LogP) is 2.73. The lowest BCUT2D eigenvalue weighted by Gasteiger charge is -2.41. The van der Waals surface area contributed by atoms with Gasteiger partial charge in [0.05, 0.1) is 18.8 Å². The van der Waals surface area contributed by atoms with Gasteiger partial charge in [-0.1, -0.05) is 23.7 Å². The number of hydrogen-bond acceptors (Lipinski definition) is 4. The second-order valence-electron chi connectivity index (χ2n) is 7.66. The number of likely N-dealkylation sites (tertiary alicyclic amines) is 2. The summed E-state index contributed by atoms with van der Waals surface area (Å²) in [6.07, 6.45) is 2.37. The zero-order chi connectivity index (χ0) is 18.8. The van der Waals surface area contributed by atoms with E-state index in [0.29, 0.717) is 44.2 Å². The van der Waals surface area contributed by atoms with E-state index in [2.05, 4.69) is 0 Å². The quantitative estimate of drug-likeness (QED) is 0.793. The van der Waals surface area contributed by atoms with Gasteiger partial charge < -0.3 is 19.3 Å². The van der Waals surface area contributed by atoms with Gasteiger partial charge in [0.1, 0.15) is 6.61 Å². The van der Waals surface area contributed by atoms with Crippen LogP contribution in [0, 0.1) is 5.92 Å². The van der Waals surface area contributed by atoms with E-state index in [1.165, 1.54) is 0 Å². The first-order valence-corrected chi connectivity index (χ1v) is 9.99. The van der Waals surface area contributed by atoms with E-state index in [1.54, 1.807) is 0 Å². The molecule has 7 heteroatoms. The van der Waals surface area contributed by atoms with Crippen LogP contribution < -0.4 is 0 Å². The molecule has 0 N–H and O–H groups in total. The van der Waals surface area contributed by atoms with E-state index in [9.17, 15) is 9.59 Å². The molecular formula is C20H25ClN2O4. The summed E-state index contributed by atoms with van der Waals surface area (Å²) in [7, 11) is 0. The van der Waals surface area contributed by atoms with Gasteiger partial charge >= 0.3 is 6.03 Å². The number of halogens is 1. The molecule has 3 aliphatic heterocycles. The molecule has 1 aromatic carbocycles. The molecule has 3 fully saturated rings. The number of fused-ring (bicyclic) bond motifs is 1. The van der Waals surface area contributed by atoms with E-state index in [1.807, 2.05) is 34.1 Å². The molecule has 1 unspecified atom stereocenters. The van der Waals surface area contributed by atoms with E-state index in [-0.39, 0.29) is 36.5 Å². The van der Waals surface area contributed by atoms with Gasteiger partial charge in [-0.25, -0.2) is 4.79 Å². The Bertz CT molecular complexity index is 696. The Kier molecular flexibility index (Phi) is 5.66. The van der Waals surface area contributed by atoms with Crippen LogP contribution >= 0.6 is 11.6 Å². The highest BCUT2D eigenvalue weighted by atomic mass is 35.5. The third-order valence-corrected chi connectivity index (χ3v) is 5.95. The number of piperidine rings is 1. The first-order valence-electron chi connectivity index (χ1n) is 9.61. The SMILES string of the molecule is O=C1CO[C@H]2CCN(C(=O)N3CCC(OCc4ccc(Cl)cc4)C3)C[C@H]2C1. The monoisotopic (exact) mass is 392 g/mol. The number of benzene rings is 1. The van der Waals surface area contributed by atoms with Crippen molar-refractivity contribution >= 4 is 23.4 Å². The summed E-state index contributed by atoms with van der Waals surface area (Å²) in [4.78, 5) is 28.3. The fourth-order valence-electron chi connectivity index (χ4n) is 4.18. The Morgan fingerprint density at radius 1 is 1.15 bits per heavy atom. The van der Waals surface area contributed by atoms with Crippen LogP contribution in [0.1, 0.15) is 24.8 Å². The minimum atomic E-state index is 0.0572. The maximum atomic E-state index is 12.9. The number of amides is 2. The van der Waals surface area contributed by atoms with Crippen LogP contribution in [-0.2, 0) is 20.9 Å². The molecular weight excluding hydrogens is 368 g/mol. The molecule has 1 aromatic rings. The van der Waals surface area contributed by atoms with Crippen molar-refractivity contribution < 1.29 is 19.1 Å². The van der Waals surface area contributed by atoms with E-state index in [0.717, 1.165) is 18.4 Å². The fourth-order valence-corrected chi connectivity index (χ4v) is 4.31. The summed E-state index contributed by atoms with van der Waals surface area (Å²) in [5.41, 5.74) is 1.08. The molecule has 0 aliphatic carbocycles. The van der Waals surface area contributed by atoms with Gasteiger partial charge in [-0.2, -0.15) is 0 Å². The van der Waals surface area contributed by atoms with Crippen LogP contribution in [0.15, 0.2) is 24.3 Å². The molecule has 0 radical (unpaired) electrons. The van der Waals surface area contributed by atoms with Crippen molar-refractivity contribution in [2.75, 3.05) is 32.8 Å². The van der Waals surface area contributed by atoms with Gasteiger partial charge in [0.2, 0.25) is 0 Å². The van der Waals surface area contributed by atoms with E-state index in [4.69, 9.17) is 21.1 Å². The van der Waals surface area contributed by atoms with Crippen LogP contribution in [0.4, 0.5) is 4.79 Å². The summed E-state index contributed by atoms with van der Waals surface area (Å²) in [6, 6.07) is 7.68. The maximum Gasteiger partial charge on any atom is 0.320 e. The van der Waals surface area contributed by atoms with Crippen molar-refractivity contribution in [1.29, 1.82) is 0 Å². The third-order valence-electron chi connectivity index (χ3n) is 5.70. The fraction of sp³-hybridized carbons (Fsp3) is 0.600. The summed E-state index contributed by atoms with van der Waals surface area (Å²) in [5, 5.41) is 0.713. The van der Waals surface area contributed by atoms with Crippen LogP contribution in [0.25, 0.3) is 0 Å². The topological polar surface area (TPSA) is 59.1 Å². The number of ketones is 1. The normalized spacial score (nSPS) is 28.3. The number of hydrogen-bond donors (Lipinski definition) is 0. The van der Waals surface area contributed by atoms with Gasteiger partial charge in [0.25, 0.3) is 0 Å². The lowest BCUT2D eigenvalue weighted by atomic mass is 9.88. The van der Waals surface area contributed by atoms with Crippen molar-refractivity contribution in [3.63, 3.8) is 0 Å². The second kappa shape index (κ2) is 8.17. The molecule has 146 valence electrons. The summed E-state index contributed by atoms with van der Waals surface area (Å²) in [5.74, 6) is 0.283. The van der Waals surface area contributed by atoms with Crippen LogP contribution in [-0.4, -0.2) is 66.6 Å². The first-order chi connectivity index (χ1) is 13.1. The number of carbonyl (C=O) groups is 2. The highest BCUT2D eigenvalue weighted by molar-refractivity contribution is 6.30.